The quantitative estimate of drug-likeness (QED) is 0.610. The summed E-state index contributed by atoms with van der Waals surface area (Å²) in [5, 5.41) is 0. The topological polar surface area (TPSA) is 27.7 Å². The molecule has 2 saturated heterocycles. The molecule has 0 N–H and O–H groups in total. The molecule has 2 fully saturated rings. The summed E-state index contributed by atoms with van der Waals surface area (Å²) in [5.74, 6) is 3.03. The maximum atomic E-state index is 6.00. The van der Waals surface area contributed by atoms with E-state index in [0.29, 0.717) is 0 Å². The lowest BCUT2D eigenvalue weighted by Crippen LogP contribution is -2.31. The van der Waals surface area contributed by atoms with Crippen LogP contribution in [0.5, 0.6) is 0 Å². The van der Waals surface area contributed by atoms with Gasteiger partial charge in [0.25, 0.3) is 0 Å². The molecule has 2 aliphatic heterocycles. The second-order valence-electron chi connectivity index (χ2n) is 6.36. The van der Waals surface area contributed by atoms with E-state index >= 15 is 0 Å². The predicted molar refractivity (Wildman–Crippen MR) is 76.2 cm³/mol. The summed E-state index contributed by atoms with van der Waals surface area (Å²) in [4.78, 5) is 0. The van der Waals surface area contributed by atoms with Crippen LogP contribution in [0.25, 0.3) is 0 Å². The molecule has 0 aromatic heterocycles. The number of rotatable bonds is 10. The Hall–Kier alpha value is -0.120. The molecule has 0 aromatic rings. The lowest BCUT2D eigenvalue weighted by molar-refractivity contribution is -0.0573. The highest BCUT2D eigenvalue weighted by molar-refractivity contribution is 4.72. The van der Waals surface area contributed by atoms with Crippen molar-refractivity contribution in [2.75, 3.05) is 39.6 Å². The zero-order chi connectivity index (χ0) is 13.5. The van der Waals surface area contributed by atoms with E-state index in [1.54, 1.807) is 0 Å². The highest BCUT2D eigenvalue weighted by atomic mass is 16.5. The summed E-state index contributed by atoms with van der Waals surface area (Å²) in [6, 6.07) is 0. The van der Waals surface area contributed by atoms with Crippen LogP contribution in [0.4, 0.5) is 0 Å². The summed E-state index contributed by atoms with van der Waals surface area (Å²) in [5.41, 5.74) is 0. The molecule has 0 aromatic carbocycles. The van der Waals surface area contributed by atoms with Crippen molar-refractivity contribution in [1.82, 2.24) is 0 Å². The third-order valence-corrected chi connectivity index (χ3v) is 4.61. The predicted octanol–water partition coefficient (Wildman–Crippen LogP) is 3.13. The molecule has 2 heterocycles. The van der Waals surface area contributed by atoms with E-state index < -0.39 is 0 Å². The standard InChI is InChI=1S/C16H30O3/c1-3-13(5-15-9-18-10-15)7-17-8-14(4-2)6-16-11-19-12-16/h13-16H,3-12H2,1-2H3. The Morgan fingerprint density at radius 2 is 1.26 bits per heavy atom. The molecular formula is C16H30O3. The SMILES string of the molecule is CCC(COCC(CC)CC1COC1)CC1COC1. The minimum atomic E-state index is 0.721. The maximum Gasteiger partial charge on any atom is 0.0516 e. The molecule has 0 spiro atoms. The first-order valence-corrected chi connectivity index (χ1v) is 8.05. The lowest BCUT2D eigenvalue weighted by Gasteiger charge is -2.31. The van der Waals surface area contributed by atoms with E-state index in [2.05, 4.69) is 13.8 Å². The molecule has 3 nitrogen and oxygen atoms in total. The summed E-state index contributed by atoms with van der Waals surface area (Å²) in [7, 11) is 0. The first-order chi connectivity index (χ1) is 9.31. The van der Waals surface area contributed by atoms with Crippen molar-refractivity contribution in [2.45, 2.75) is 39.5 Å². The van der Waals surface area contributed by atoms with Crippen LogP contribution in [0.1, 0.15) is 39.5 Å². The number of hydrogen-bond acceptors (Lipinski definition) is 3. The third-order valence-electron chi connectivity index (χ3n) is 4.61. The van der Waals surface area contributed by atoms with Gasteiger partial charge in [0.2, 0.25) is 0 Å². The Morgan fingerprint density at radius 1 is 0.842 bits per heavy atom. The second kappa shape index (κ2) is 8.23. The van der Waals surface area contributed by atoms with Crippen molar-refractivity contribution >= 4 is 0 Å². The molecule has 2 aliphatic rings. The molecule has 2 rings (SSSR count). The third kappa shape index (κ3) is 5.05. The zero-order valence-electron chi connectivity index (χ0n) is 12.6. The van der Waals surface area contributed by atoms with Crippen LogP contribution in [-0.4, -0.2) is 39.6 Å². The monoisotopic (exact) mass is 270 g/mol. The van der Waals surface area contributed by atoms with Gasteiger partial charge in [0.05, 0.1) is 26.4 Å². The van der Waals surface area contributed by atoms with Crippen molar-refractivity contribution in [3.8, 4) is 0 Å². The summed E-state index contributed by atoms with van der Waals surface area (Å²) >= 11 is 0. The Bertz CT molecular complexity index is 212. The molecule has 2 atom stereocenters. The van der Waals surface area contributed by atoms with Crippen LogP contribution >= 0.6 is 0 Å². The van der Waals surface area contributed by atoms with Crippen molar-refractivity contribution in [3.63, 3.8) is 0 Å². The summed E-state index contributed by atoms with van der Waals surface area (Å²) in [6.45, 7) is 10.3. The lowest BCUT2D eigenvalue weighted by atomic mass is 9.91. The fraction of sp³-hybridized carbons (Fsp3) is 1.00. The Morgan fingerprint density at radius 3 is 1.53 bits per heavy atom. The molecule has 3 heteroatoms. The van der Waals surface area contributed by atoms with Gasteiger partial charge in [-0.2, -0.15) is 0 Å². The van der Waals surface area contributed by atoms with Crippen molar-refractivity contribution < 1.29 is 14.2 Å². The first-order valence-electron chi connectivity index (χ1n) is 8.05. The minimum Gasteiger partial charge on any atom is -0.381 e. The van der Waals surface area contributed by atoms with Crippen LogP contribution < -0.4 is 0 Å². The van der Waals surface area contributed by atoms with Gasteiger partial charge in [-0.15, -0.1) is 0 Å². The van der Waals surface area contributed by atoms with Crippen molar-refractivity contribution in [1.29, 1.82) is 0 Å². The fourth-order valence-corrected chi connectivity index (χ4v) is 2.89. The minimum absolute atomic E-state index is 0.721. The van der Waals surface area contributed by atoms with E-state index in [9.17, 15) is 0 Å². The normalized spacial score (nSPS) is 23.7. The van der Waals surface area contributed by atoms with Gasteiger partial charge in [0, 0.05) is 25.0 Å². The molecule has 0 radical (unpaired) electrons. The van der Waals surface area contributed by atoms with Crippen LogP contribution in [0.15, 0.2) is 0 Å². The molecule has 0 aliphatic carbocycles. The van der Waals surface area contributed by atoms with E-state index in [0.717, 1.165) is 63.3 Å². The molecular weight excluding hydrogens is 240 g/mol. The summed E-state index contributed by atoms with van der Waals surface area (Å²) < 4.78 is 16.5. The molecule has 0 bridgehead atoms. The van der Waals surface area contributed by atoms with E-state index in [1.165, 1.54) is 25.7 Å². The highest BCUT2D eigenvalue weighted by Gasteiger charge is 2.24. The van der Waals surface area contributed by atoms with Gasteiger partial charge >= 0.3 is 0 Å². The van der Waals surface area contributed by atoms with Crippen LogP contribution in [-0.2, 0) is 14.2 Å². The number of ether oxygens (including phenoxy) is 3. The Kier molecular flexibility index (Phi) is 6.62. The average Bonchev–Trinajstić information content (AvgIpc) is 2.32. The molecule has 2 unspecified atom stereocenters. The van der Waals surface area contributed by atoms with E-state index in [4.69, 9.17) is 14.2 Å². The largest absolute Gasteiger partial charge is 0.381 e. The molecule has 19 heavy (non-hydrogen) atoms. The first kappa shape index (κ1) is 15.3. The van der Waals surface area contributed by atoms with E-state index in [1.807, 2.05) is 0 Å². The van der Waals surface area contributed by atoms with Crippen LogP contribution in [0.2, 0.25) is 0 Å². The Balaban J connectivity index is 1.56. The van der Waals surface area contributed by atoms with E-state index in [-0.39, 0.29) is 0 Å². The van der Waals surface area contributed by atoms with Crippen LogP contribution in [0.3, 0.4) is 0 Å². The highest BCUT2D eigenvalue weighted by Crippen LogP contribution is 2.24. The van der Waals surface area contributed by atoms with Crippen molar-refractivity contribution in [2.24, 2.45) is 23.7 Å². The summed E-state index contributed by atoms with van der Waals surface area (Å²) in [6.07, 6.45) is 5.01. The van der Waals surface area contributed by atoms with Crippen LogP contribution in [0, 0.1) is 23.7 Å². The maximum absolute atomic E-state index is 6.00. The fourth-order valence-electron chi connectivity index (χ4n) is 2.89. The van der Waals surface area contributed by atoms with Gasteiger partial charge < -0.3 is 14.2 Å². The molecule has 0 amide bonds. The van der Waals surface area contributed by atoms with Gasteiger partial charge in [-0.1, -0.05) is 26.7 Å². The zero-order valence-corrected chi connectivity index (χ0v) is 12.6. The number of hydrogen-bond donors (Lipinski definition) is 0. The molecule has 0 saturated carbocycles. The smallest absolute Gasteiger partial charge is 0.0516 e. The van der Waals surface area contributed by atoms with Gasteiger partial charge in [0.1, 0.15) is 0 Å². The second-order valence-corrected chi connectivity index (χ2v) is 6.36. The van der Waals surface area contributed by atoms with Gasteiger partial charge in [-0.05, 0) is 24.7 Å². The Labute approximate surface area is 118 Å². The van der Waals surface area contributed by atoms with Crippen molar-refractivity contribution in [3.05, 3.63) is 0 Å². The van der Waals surface area contributed by atoms with Gasteiger partial charge in [-0.3, -0.25) is 0 Å². The van der Waals surface area contributed by atoms with Gasteiger partial charge in [0.15, 0.2) is 0 Å². The van der Waals surface area contributed by atoms with Gasteiger partial charge in [-0.25, -0.2) is 0 Å². The molecule has 112 valence electrons. The average molecular weight is 270 g/mol.